The number of aromatic nitrogens is 1. The second-order valence-corrected chi connectivity index (χ2v) is 6.89. The molecular weight excluding hydrogens is 360 g/mol. The summed E-state index contributed by atoms with van der Waals surface area (Å²) in [5.74, 6) is 2.68. The number of rotatable bonds is 3. The Kier molecular flexibility index (Phi) is 3.91. The maximum absolute atomic E-state index is 12.9. The van der Waals surface area contributed by atoms with E-state index in [4.69, 9.17) is 18.9 Å². The van der Waals surface area contributed by atoms with Gasteiger partial charge in [0.1, 0.15) is 0 Å². The smallest absolute Gasteiger partial charge is 0.253 e. The minimum absolute atomic E-state index is 0.133. The van der Waals surface area contributed by atoms with Crippen LogP contribution < -0.4 is 29.8 Å². The van der Waals surface area contributed by atoms with Gasteiger partial charge in [0.05, 0.1) is 25.8 Å². The van der Waals surface area contributed by atoms with Crippen molar-refractivity contribution in [3.63, 3.8) is 0 Å². The largest absolute Gasteiger partial charge is 0.493 e. The number of nitrogens with one attached hydrogen (secondary N) is 2. The van der Waals surface area contributed by atoms with Crippen molar-refractivity contribution in [1.29, 1.82) is 0 Å². The zero-order valence-electron chi connectivity index (χ0n) is 15.6. The van der Waals surface area contributed by atoms with Crippen LogP contribution in [0.5, 0.6) is 23.0 Å². The summed E-state index contributed by atoms with van der Waals surface area (Å²) in [6.45, 7) is 0.966. The molecule has 1 atom stereocenters. The van der Waals surface area contributed by atoms with E-state index in [-0.39, 0.29) is 18.4 Å². The highest BCUT2D eigenvalue weighted by molar-refractivity contribution is 5.83. The first-order valence-corrected chi connectivity index (χ1v) is 9.12. The van der Waals surface area contributed by atoms with E-state index in [9.17, 15) is 4.79 Å². The second kappa shape index (κ2) is 6.45. The van der Waals surface area contributed by atoms with Crippen molar-refractivity contribution in [1.82, 2.24) is 10.3 Å². The lowest BCUT2D eigenvalue weighted by molar-refractivity contribution is 0.174. The van der Waals surface area contributed by atoms with Crippen LogP contribution in [0.25, 0.3) is 10.9 Å². The Morgan fingerprint density at radius 1 is 0.964 bits per heavy atom. The first-order chi connectivity index (χ1) is 13.7. The van der Waals surface area contributed by atoms with Crippen LogP contribution in [0.1, 0.15) is 22.7 Å². The number of hydrogen-bond donors (Lipinski definition) is 2. The van der Waals surface area contributed by atoms with Crippen molar-refractivity contribution in [2.24, 2.45) is 0 Å². The summed E-state index contributed by atoms with van der Waals surface area (Å²) >= 11 is 0. The summed E-state index contributed by atoms with van der Waals surface area (Å²) in [6, 6.07) is 9.33. The molecule has 1 aromatic heterocycles. The Hall–Kier alpha value is -3.19. The van der Waals surface area contributed by atoms with E-state index >= 15 is 0 Å². The molecule has 2 aromatic carbocycles. The molecule has 0 spiro atoms. The van der Waals surface area contributed by atoms with Gasteiger partial charge in [0.2, 0.25) is 6.79 Å². The number of hydrogen-bond acceptors (Lipinski definition) is 6. The van der Waals surface area contributed by atoms with Crippen LogP contribution in [-0.4, -0.2) is 32.5 Å². The van der Waals surface area contributed by atoms with E-state index in [1.807, 2.05) is 24.3 Å². The minimum Gasteiger partial charge on any atom is -0.493 e. The first kappa shape index (κ1) is 16.9. The summed E-state index contributed by atoms with van der Waals surface area (Å²) in [4.78, 5) is 15.9. The summed E-state index contributed by atoms with van der Waals surface area (Å²) in [5.41, 5.74) is 3.41. The molecule has 0 aliphatic carbocycles. The number of methoxy groups -OCH3 is 2. The predicted octanol–water partition coefficient (Wildman–Crippen LogP) is 2.51. The molecule has 3 heterocycles. The molecule has 5 rings (SSSR count). The molecule has 2 aliphatic heterocycles. The fraction of sp³-hybridized carbons (Fsp3) is 0.286. The summed E-state index contributed by atoms with van der Waals surface area (Å²) < 4.78 is 21.8. The Labute approximate surface area is 161 Å². The van der Waals surface area contributed by atoms with E-state index in [0.29, 0.717) is 28.6 Å². The van der Waals surface area contributed by atoms with Gasteiger partial charge < -0.3 is 29.2 Å². The van der Waals surface area contributed by atoms with Crippen LogP contribution in [-0.2, 0) is 6.42 Å². The maximum Gasteiger partial charge on any atom is 0.253 e. The summed E-state index contributed by atoms with van der Waals surface area (Å²) in [6.07, 6.45) is 0.858. The van der Waals surface area contributed by atoms with Crippen molar-refractivity contribution in [2.45, 2.75) is 12.5 Å². The number of H-pyrrole nitrogens is 1. The maximum atomic E-state index is 12.9. The van der Waals surface area contributed by atoms with Crippen LogP contribution in [0.2, 0.25) is 0 Å². The standard InChI is InChI=1S/C21H20N2O5/c1-25-16-6-11-3-4-22-20(13(11)8-17(16)26-2)14-5-12-7-18-19(28-10-27-18)9-15(12)23-21(14)24/h5-9,20,22H,3-4,10H2,1-2H3,(H,23,24)/t20-/m1/s1. The third-order valence-corrected chi connectivity index (χ3v) is 5.38. The molecule has 7 heteroatoms. The van der Waals surface area contributed by atoms with Crippen molar-refractivity contribution in [3.8, 4) is 23.0 Å². The Morgan fingerprint density at radius 2 is 1.71 bits per heavy atom. The molecule has 3 aromatic rings. The van der Waals surface area contributed by atoms with E-state index in [0.717, 1.165) is 35.0 Å². The van der Waals surface area contributed by atoms with Crippen molar-refractivity contribution in [3.05, 3.63) is 57.4 Å². The highest BCUT2D eigenvalue weighted by Crippen LogP contribution is 2.38. The van der Waals surface area contributed by atoms with Crippen LogP contribution >= 0.6 is 0 Å². The van der Waals surface area contributed by atoms with E-state index in [2.05, 4.69) is 10.3 Å². The molecule has 2 aliphatic rings. The molecule has 0 unspecified atom stereocenters. The number of benzene rings is 2. The van der Waals surface area contributed by atoms with Crippen LogP contribution in [0, 0.1) is 0 Å². The Balaban J connectivity index is 1.66. The molecule has 0 radical (unpaired) electrons. The summed E-state index contributed by atoms with van der Waals surface area (Å²) in [5, 5.41) is 4.36. The minimum atomic E-state index is -0.234. The van der Waals surface area contributed by atoms with E-state index < -0.39 is 0 Å². The number of aromatic amines is 1. The molecule has 0 amide bonds. The third kappa shape index (κ3) is 2.58. The summed E-state index contributed by atoms with van der Waals surface area (Å²) in [7, 11) is 3.24. The zero-order chi connectivity index (χ0) is 19.3. The molecule has 7 nitrogen and oxygen atoms in total. The normalized spacial score (nSPS) is 17.4. The Morgan fingerprint density at radius 3 is 2.50 bits per heavy atom. The van der Waals surface area contributed by atoms with Gasteiger partial charge in [-0.3, -0.25) is 4.79 Å². The molecule has 0 fully saturated rings. The fourth-order valence-corrected chi connectivity index (χ4v) is 3.99. The molecule has 0 bridgehead atoms. The molecule has 0 saturated heterocycles. The zero-order valence-corrected chi connectivity index (χ0v) is 15.6. The van der Waals surface area contributed by atoms with Gasteiger partial charge in [-0.2, -0.15) is 0 Å². The van der Waals surface area contributed by atoms with Crippen molar-refractivity contribution < 1.29 is 18.9 Å². The SMILES string of the molecule is COc1cc2c(cc1OC)[C@H](c1cc3cc4c(cc3[nH]c1=O)OCO4)NCC2. The molecule has 28 heavy (non-hydrogen) atoms. The highest BCUT2D eigenvalue weighted by Gasteiger charge is 2.26. The number of pyridine rings is 1. The lowest BCUT2D eigenvalue weighted by Gasteiger charge is -2.28. The van der Waals surface area contributed by atoms with E-state index in [1.54, 1.807) is 20.3 Å². The predicted molar refractivity (Wildman–Crippen MR) is 104 cm³/mol. The first-order valence-electron chi connectivity index (χ1n) is 9.12. The van der Waals surface area contributed by atoms with Gasteiger partial charge in [-0.1, -0.05) is 0 Å². The lowest BCUT2D eigenvalue weighted by Crippen LogP contribution is -2.34. The van der Waals surface area contributed by atoms with Gasteiger partial charge in [-0.05, 0) is 41.8 Å². The van der Waals surface area contributed by atoms with Crippen LogP contribution in [0.3, 0.4) is 0 Å². The molecule has 0 saturated carbocycles. The van der Waals surface area contributed by atoms with Gasteiger partial charge in [0.25, 0.3) is 5.56 Å². The van der Waals surface area contributed by atoms with Gasteiger partial charge >= 0.3 is 0 Å². The average molecular weight is 380 g/mol. The van der Waals surface area contributed by atoms with Crippen molar-refractivity contribution in [2.75, 3.05) is 27.6 Å². The van der Waals surface area contributed by atoms with Gasteiger partial charge in [-0.15, -0.1) is 0 Å². The quantitative estimate of drug-likeness (QED) is 0.727. The van der Waals surface area contributed by atoms with Crippen LogP contribution in [0.4, 0.5) is 0 Å². The Bertz CT molecular complexity index is 1140. The number of ether oxygens (including phenoxy) is 4. The van der Waals surface area contributed by atoms with Gasteiger partial charge in [-0.25, -0.2) is 0 Å². The van der Waals surface area contributed by atoms with Gasteiger partial charge in [0.15, 0.2) is 23.0 Å². The topological polar surface area (TPSA) is 81.8 Å². The average Bonchev–Trinajstić information content (AvgIpc) is 3.17. The highest BCUT2D eigenvalue weighted by atomic mass is 16.7. The molecule has 144 valence electrons. The van der Waals surface area contributed by atoms with E-state index in [1.165, 1.54) is 0 Å². The molecular formula is C21H20N2O5. The van der Waals surface area contributed by atoms with Crippen molar-refractivity contribution >= 4 is 10.9 Å². The third-order valence-electron chi connectivity index (χ3n) is 5.38. The lowest BCUT2D eigenvalue weighted by atomic mass is 9.89. The molecule has 2 N–H and O–H groups in total. The monoisotopic (exact) mass is 380 g/mol. The fourth-order valence-electron chi connectivity index (χ4n) is 3.99. The van der Waals surface area contributed by atoms with Gasteiger partial charge in [0, 0.05) is 23.6 Å². The second-order valence-electron chi connectivity index (χ2n) is 6.89. The number of fused-ring (bicyclic) bond motifs is 3. The van der Waals surface area contributed by atoms with Crippen LogP contribution in [0.15, 0.2) is 35.1 Å².